The van der Waals surface area contributed by atoms with Gasteiger partial charge in [-0.3, -0.25) is 14.2 Å². The molecule has 4 heterocycles. The summed E-state index contributed by atoms with van der Waals surface area (Å²) in [6, 6.07) is 1.67. The van der Waals surface area contributed by atoms with Gasteiger partial charge in [0.15, 0.2) is 0 Å². The lowest BCUT2D eigenvalue weighted by atomic mass is 9.93. The van der Waals surface area contributed by atoms with Crippen LogP contribution in [0.25, 0.3) is 22.1 Å². The van der Waals surface area contributed by atoms with Crippen LogP contribution < -0.4 is 5.69 Å². The summed E-state index contributed by atoms with van der Waals surface area (Å²) in [6.07, 6.45) is 4.14. The molecule has 0 bridgehead atoms. The van der Waals surface area contributed by atoms with Crippen LogP contribution in [0, 0.1) is 5.92 Å². The van der Waals surface area contributed by atoms with Crippen LogP contribution in [0.4, 0.5) is 0 Å². The summed E-state index contributed by atoms with van der Waals surface area (Å²) in [4.78, 5) is 50.4. The summed E-state index contributed by atoms with van der Waals surface area (Å²) in [5.41, 5.74) is 1.91. The quantitative estimate of drug-likeness (QED) is 0.615. The monoisotopic (exact) mass is 370 g/mol. The molecule has 9 nitrogen and oxygen atoms in total. The van der Waals surface area contributed by atoms with Crippen molar-refractivity contribution >= 4 is 33.9 Å². The Bertz CT molecular complexity index is 1090. The molecule has 142 valence electrons. The van der Waals surface area contributed by atoms with Crippen LogP contribution in [-0.4, -0.2) is 68.3 Å². The van der Waals surface area contributed by atoms with E-state index in [0.29, 0.717) is 24.3 Å². The van der Waals surface area contributed by atoms with Crippen molar-refractivity contribution in [3.05, 3.63) is 28.9 Å². The van der Waals surface area contributed by atoms with E-state index in [9.17, 15) is 14.4 Å². The van der Waals surface area contributed by atoms with Crippen molar-refractivity contribution in [2.24, 2.45) is 5.92 Å². The summed E-state index contributed by atoms with van der Waals surface area (Å²) in [7, 11) is 3.12. The predicted octanol–water partition coefficient (Wildman–Crippen LogP) is 0.704. The highest BCUT2D eigenvalue weighted by Gasteiger charge is 2.35. The van der Waals surface area contributed by atoms with Gasteiger partial charge in [-0.25, -0.2) is 9.78 Å². The van der Waals surface area contributed by atoms with E-state index >= 15 is 0 Å². The van der Waals surface area contributed by atoms with Crippen LogP contribution in [0.15, 0.2) is 23.3 Å². The molecule has 2 amide bonds. The van der Waals surface area contributed by atoms with E-state index in [0.717, 1.165) is 17.3 Å². The van der Waals surface area contributed by atoms with Crippen molar-refractivity contribution in [3.8, 4) is 0 Å². The standard InChI is InChI=1S/C18H22N6O3/c1-10-5-7-23(17(26)16(25)22(2)3)9-13(10)24-14-11-4-6-19-15(11)20-8-12(14)21-18(24)27/h4,6,8,10,13H,5,7,9H2,1-3H3,(H,19,20)(H,21,27). The normalized spacial score (nSPS) is 20.3. The number of piperidine rings is 1. The smallest absolute Gasteiger partial charge is 0.326 e. The third-order valence-corrected chi connectivity index (χ3v) is 5.39. The van der Waals surface area contributed by atoms with E-state index in [4.69, 9.17) is 0 Å². The van der Waals surface area contributed by atoms with Gasteiger partial charge >= 0.3 is 17.5 Å². The fraction of sp³-hybridized carbons (Fsp3) is 0.444. The summed E-state index contributed by atoms with van der Waals surface area (Å²) in [5.74, 6) is -0.896. The number of nitrogens with one attached hydrogen (secondary N) is 2. The van der Waals surface area contributed by atoms with Crippen LogP contribution in [0.5, 0.6) is 0 Å². The second-order valence-electron chi connectivity index (χ2n) is 7.34. The molecule has 1 saturated heterocycles. The molecule has 0 saturated carbocycles. The van der Waals surface area contributed by atoms with Crippen molar-refractivity contribution in [1.82, 2.24) is 29.3 Å². The van der Waals surface area contributed by atoms with Crippen molar-refractivity contribution in [3.63, 3.8) is 0 Å². The largest absolute Gasteiger partial charge is 0.346 e. The van der Waals surface area contributed by atoms with Crippen LogP contribution >= 0.6 is 0 Å². The van der Waals surface area contributed by atoms with Crippen molar-refractivity contribution < 1.29 is 9.59 Å². The number of likely N-dealkylation sites (tertiary alicyclic amines) is 1. The van der Waals surface area contributed by atoms with Gasteiger partial charge in [0.1, 0.15) is 5.65 Å². The molecular formula is C18H22N6O3. The maximum Gasteiger partial charge on any atom is 0.326 e. The van der Waals surface area contributed by atoms with Gasteiger partial charge in [0.05, 0.1) is 23.3 Å². The van der Waals surface area contributed by atoms with Gasteiger partial charge in [-0.05, 0) is 18.4 Å². The van der Waals surface area contributed by atoms with Gasteiger partial charge in [-0.1, -0.05) is 6.92 Å². The molecular weight excluding hydrogens is 348 g/mol. The minimum atomic E-state index is -0.549. The fourth-order valence-electron chi connectivity index (χ4n) is 3.83. The summed E-state index contributed by atoms with van der Waals surface area (Å²) in [5, 5.41) is 0.853. The number of aromatic nitrogens is 4. The Morgan fingerprint density at radius 3 is 2.85 bits per heavy atom. The number of amides is 2. The molecule has 27 heavy (non-hydrogen) atoms. The Labute approximate surface area is 155 Å². The number of nitrogens with zero attached hydrogens (tertiary/aromatic N) is 4. The summed E-state index contributed by atoms with van der Waals surface area (Å²) in [6.45, 7) is 2.90. The molecule has 4 rings (SSSR count). The Morgan fingerprint density at radius 1 is 1.33 bits per heavy atom. The van der Waals surface area contributed by atoms with Crippen LogP contribution in [-0.2, 0) is 9.59 Å². The fourth-order valence-corrected chi connectivity index (χ4v) is 3.83. The number of H-pyrrole nitrogens is 2. The average molecular weight is 370 g/mol. The Kier molecular flexibility index (Phi) is 4.01. The zero-order valence-corrected chi connectivity index (χ0v) is 15.5. The molecule has 0 aliphatic carbocycles. The molecule has 0 radical (unpaired) electrons. The molecule has 0 spiro atoms. The maximum absolute atomic E-state index is 12.8. The summed E-state index contributed by atoms with van der Waals surface area (Å²) < 4.78 is 1.72. The lowest BCUT2D eigenvalue weighted by Gasteiger charge is -2.37. The topological polar surface area (TPSA) is 107 Å². The third-order valence-electron chi connectivity index (χ3n) is 5.39. The minimum Gasteiger partial charge on any atom is -0.346 e. The number of hydrogen-bond donors (Lipinski definition) is 2. The van der Waals surface area contributed by atoms with Crippen LogP contribution in [0.1, 0.15) is 19.4 Å². The van der Waals surface area contributed by atoms with Crippen molar-refractivity contribution in [1.29, 1.82) is 0 Å². The molecule has 1 aliphatic heterocycles. The first-order valence-electron chi connectivity index (χ1n) is 8.95. The number of hydrogen-bond acceptors (Lipinski definition) is 4. The van der Waals surface area contributed by atoms with E-state index in [1.807, 2.05) is 6.07 Å². The first-order valence-corrected chi connectivity index (χ1v) is 8.95. The average Bonchev–Trinajstić information content (AvgIpc) is 3.24. The third kappa shape index (κ3) is 2.70. The van der Waals surface area contributed by atoms with Gasteiger partial charge in [0.25, 0.3) is 0 Å². The Morgan fingerprint density at radius 2 is 2.11 bits per heavy atom. The second-order valence-corrected chi connectivity index (χ2v) is 7.34. The zero-order valence-electron chi connectivity index (χ0n) is 15.5. The number of aromatic amines is 2. The number of carbonyl (C=O) groups is 2. The van der Waals surface area contributed by atoms with Crippen molar-refractivity contribution in [2.45, 2.75) is 19.4 Å². The highest BCUT2D eigenvalue weighted by Crippen LogP contribution is 2.31. The zero-order chi connectivity index (χ0) is 19.3. The first-order chi connectivity index (χ1) is 12.9. The SMILES string of the molecule is CC1CCN(C(=O)C(=O)N(C)C)CC1n1c(=O)[nH]c2cnc3[nH]ccc3c21. The number of rotatable bonds is 1. The van der Waals surface area contributed by atoms with Gasteiger partial charge in [-0.15, -0.1) is 0 Å². The molecule has 3 aromatic rings. The number of pyridine rings is 1. The maximum atomic E-state index is 12.8. The molecule has 1 fully saturated rings. The van der Waals surface area contributed by atoms with E-state index in [-0.39, 0.29) is 17.6 Å². The highest BCUT2D eigenvalue weighted by atomic mass is 16.2. The van der Waals surface area contributed by atoms with E-state index in [1.54, 1.807) is 36.0 Å². The lowest BCUT2D eigenvalue weighted by Crippen LogP contribution is -2.50. The van der Waals surface area contributed by atoms with Gasteiger partial charge in [0.2, 0.25) is 0 Å². The molecule has 9 heteroatoms. The van der Waals surface area contributed by atoms with Crippen LogP contribution in [0.3, 0.4) is 0 Å². The predicted molar refractivity (Wildman–Crippen MR) is 100 cm³/mol. The van der Waals surface area contributed by atoms with Gasteiger partial charge < -0.3 is 19.8 Å². The number of fused-ring (bicyclic) bond motifs is 3. The lowest BCUT2D eigenvalue weighted by molar-refractivity contribution is -0.151. The van der Waals surface area contributed by atoms with E-state index in [1.165, 1.54) is 4.90 Å². The summed E-state index contributed by atoms with van der Waals surface area (Å²) >= 11 is 0. The van der Waals surface area contributed by atoms with E-state index < -0.39 is 11.8 Å². The van der Waals surface area contributed by atoms with Crippen molar-refractivity contribution in [2.75, 3.05) is 27.2 Å². The molecule has 2 unspecified atom stereocenters. The Hall–Kier alpha value is -3.10. The first kappa shape index (κ1) is 17.3. The molecule has 1 aliphatic rings. The Balaban J connectivity index is 1.79. The minimum absolute atomic E-state index is 0.183. The second kappa shape index (κ2) is 6.26. The van der Waals surface area contributed by atoms with Gasteiger partial charge in [0, 0.05) is 38.8 Å². The molecule has 2 atom stereocenters. The van der Waals surface area contributed by atoms with Crippen LogP contribution in [0.2, 0.25) is 0 Å². The number of imidazole rings is 1. The number of likely N-dealkylation sites (N-methyl/N-ethyl adjacent to an activating group) is 1. The molecule has 2 N–H and O–H groups in total. The molecule has 3 aromatic heterocycles. The highest BCUT2D eigenvalue weighted by molar-refractivity contribution is 6.34. The van der Waals surface area contributed by atoms with E-state index in [2.05, 4.69) is 21.9 Å². The molecule has 0 aromatic carbocycles. The van der Waals surface area contributed by atoms with Gasteiger partial charge in [-0.2, -0.15) is 0 Å². The number of carbonyl (C=O) groups excluding carboxylic acids is 2.